The van der Waals surface area contributed by atoms with E-state index >= 15 is 0 Å². The summed E-state index contributed by atoms with van der Waals surface area (Å²) < 4.78 is 0. The van der Waals surface area contributed by atoms with E-state index in [0.29, 0.717) is 0 Å². The number of aromatic nitrogens is 4. The molecule has 1 aromatic rings. The summed E-state index contributed by atoms with van der Waals surface area (Å²) in [5.74, 6) is 0.0167. The molecule has 2 rings (SSSR count). The summed E-state index contributed by atoms with van der Waals surface area (Å²) >= 11 is 0. The predicted octanol–water partition coefficient (Wildman–Crippen LogP) is -0.334. The average molecular weight is 224 g/mol. The first kappa shape index (κ1) is 11.0. The molecule has 16 heavy (non-hydrogen) atoms. The van der Waals surface area contributed by atoms with Gasteiger partial charge in [0.05, 0.1) is 13.0 Å². The zero-order chi connectivity index (χ0) is 11.5. The number of amides is 1. The normalized spacial score (nSPS) is 25.4. The van der Waals surface area contributed by atoms with E-state index in [1.54, 1.807) is 7.05 Å². The lowest BCUT2D eigenvalue weighted by molar-refractivity contribution is -0.121. The Labute approximate surface area is 93.4 Å². The van der Waals surface area contributed by atoms with Gasteiger partial charge in [0.1, 0.15) is 0 Å². The highest BCUT2D eigenvalue weighted by Gasteiger charge is 2.28. The smallest absolute Gasteiger partial charge is 0.270 e. The molecule has 2 atom stereocenters. The molecular formula is C9H16N6O. The van der Waals surface area contributed by atoms with Crippen molar-refractivity contribution in [2.24, 2.45) is 18.7 Å². The number of nitrogens with zero attached hydrogens (tertiary/aromatic N) is 4. The first-order valence-electron chi connectivity index (χ1n) is 5.47. The fraction of sp³-hybridized carbons (Fsp3) is 0.778. The highest BCUT2D eigenvalue weighted by Crippen LogP contribution is 2.23. The van der Waals surface area contributed by atoms with Crippen molar-refractivity contribution >= 4 is 11.9 Å². The second-order valence-corrected chi connectivity index (χ2v) is 4.15. The summed E-state index contributed by atoms with van der Waals surface area (Å²) in [5, 5.41) is 13.9. The number of carbonyl (C=O) groups excluding carboxylic acids is 1. The lowest BCUT2D eigenvalue weighted by Crippen LogP contribution is -2.40. The largest absolute Gasteiger partial charge is 0.327 e. The van der Waals surface area contributed by atoms with Crippen molar-refractivity contribution < 1.29 is 4.79 Å². The molecular weight excluding hydrogens is 208 g/mol. The number of nitrogens with two attached hydrogens (primary N) is 1. The fourth-order valence-electron chi connectivity index (χ4n) is 2.02. The van der Waals surface area contributed by atoms with Gasteiger partial charge >= 0.3 is 0 Å². The van der Waals surface area contributed by atoms with Gasteiger partial charge in [-0.05, 0) is 18.1 Å². The number of anilines is 1. The van der Waals surface area contributed by atoms with Crippen LogP contribution in [0.15, 0.2) is 0 Å². The van der Waals surface area contributed by atoms with E-state index in [-0.39, 0.29) is 23.8 Å². The van der Waals surface area contributed by atoms with Crippen molar-refractivity contribution in [1.82, 2.24) is 20.2 Å². The van der Waals surface area contributed by atoms with Gasteiger partial charge in [0, 0.05) is 6.04 Å². The van der Waals surface area contributed by atoms with Crippen molar-refractivity contribution in [2.45, 2.75) is 31.7 Å². The first-order valence-corrected chi connectivity index (χ1v) is 5.47. The number of rotatable bonds is 2. The van der Waals surface area contributed by atoms with Crippen LogP contribution in [-0.2, 0) is 11.8 Å². The van der Waals surface area contributed by atoms with Gasteiger partial charge in [-0.25, -0.2) is 0 Å². The minimum absolute atomic E-state index is 0.0505. The Morgan fingerprint density at radius 2 is 2.25 bits per heavy atom. The van der Waals surface area contributed by atoms with Crippen LogP contribution in [0.4, 0.5) is 5.95 Å². The van der Waals surface area contributed by atoms with Crippen molar-refractivity contribution in [3.8, 4) is 0 Å². The number of carbonyl (C=O) groups is 1. The molecule has 0 saturated heterocycles. The summed E-state index contributed by atoms with van der Waals surface area (Å²) in [5.41, 5.74) is 5.92. The predicted molar refractivity (Wildman–Crippen MR) is 57.4 cm³/mol. The Hall–Kier alpha value is -1.50. The van der Waals surface area contributed by atoms with Crippen LogP contribution in [0.3, 0.4) is 0 Å². The van der Waals surface area contributed by atoms with Gasteiger partial charge in [-0.1, -0.05) is 17.9 Å². The SMILES string of the molecule is Cn1nnc(NC(=O)C2CCCCC2N)n1. The van der Waals surface area contributed by atoms with Crippen molar-refractivity contribution in [3.63, 3.8) is 0 Å². The molecule has 0 spiro atoms. The van der Waals surface area contributed by atoms with Gasteiger partial charge < -0.3 is 5.73 Å². The fourth-order valence-corrected chi connectivity index (χ4v) is 2.02. The van der Waals surface area contributed by atoms with E-state index in [4.69, 9.17) is 5.73 Å². The van der Waals surface area contributed by atoms with E-state index in [0.717, 1.165) is 25.7 Å². The number of hydrogen-bond donors (Lipinski definition) is 2. The standard InChI is InChI=1S/C9H16N6O/c1-15-13-9(12-14-15)11-8(16)6-4-2-3-5-7(6)10/h6-7H,2-5,10H2,1H3,(H,11,13,16). The summed E-state index contributed by atoms with van der Waals surface area (Å²) in [6.07, 6.45) is 3.91. The van der Waals surface area contributed by atoms with Gasteiger partial charge in [-0.3, -0.25) is 10.1 Å². The Morgan fingerprint density at radius 1 is 1.50 bits per heavy atom. The van der Waals surface area contributed by atoms with Crippen LogP contribution < -0.4 is 11.1 Å². The molecule has 1 heterocycles. The maximum Gasteiger partial charge on any atom is 0.270 e. The van der Waals surface area contributed by atoms with E-state index < -0.39 is 0 Å². The average Bonchev–Trinajstić information content (AvgIpc) is 2.64. The Bertz CT molecular complexity index is 376. The van der Waals surface area contributed by atoms with E-state index in [9.17, 15) is 4.79 Å². The molecule has 3 N–H and O–H groups in total. The van der Waals surface area contributed by atoms with Crippen LogP contribution in [0.2, 0.25) is 0 Å². The number of tetrazole rings is 1. The maximum absolute atomic E-state index is 11.9. The minimum Gasteiger partial charge on any atom is -0.327 e. The molecule has 1 fully saturated rings. The molecule has 1 aromatic heterocycles. The Morgan fingerprint density at radius 3 is 2.88 bits per heavy atom. The monoisotopic (exact) mass is 224 g/mol. The van der Waals surface area contributed by atoms with Gasteiger partial charge in [0.15, 0.2) is 0 Å². The highest BCUT2D eigenvalue weighted by atomic mass is 16.2. The zero-order valence-electron chi connectivity index (χ0n) is 9.26. The van der Waals surface area contributed by atoms with Crippen molar-refractivity contribution in [3.05, 3.63) is 0 Å². The zero-order valence-corrected chi connectivity index (χ0v) is 9.26. The highest BCUT2D eigenvalue weighted by molar-refractivity contribution is 5.91. The second-order valence-electron chi connectivity index (χ2n) is 4.15. The summed E-state index contributed by atoms with van der Waals surface area (Å²) in [6, 6.07) is -0.0505. The van der Waals surface area contributed by atoms with Crippen LogP contribution in [0.5, 0.6) is 0 Å². The summed E-state index contributed by atoms with van der Waals surface area (Å²) in [4.78, 5) is 13.2. The summed E-state index contributed by atoms with van der Waals surface area (Å²) in [6.45, 7) is 0. The van der Waals surface area contributed by atoms with Crippen LogP contribution in [0.25, 0.3) is 0 Å². The quantitative estimate of drug-likeness (QED) is 0.716. The topological polar surface area (TPSA) is 98.7 Å². The van der Waals surface area contributed by atoms with E-state index in [1.807, 2.05) is 0 Å². The van der Waals surface area contributed by atoms with Crippen LogP contribution in [-0.4, -0.2) is 32.2 Å². The molecule has 7 nitrogen and oxygen atoms in total. The van der Waals surface area contributed by atoms with Crippen LogP contribution in [0, 0.1) is 5.92 Å². The molecule has 0 radical (unpaired) electrons. The maximum atomic E-state index is 11.9. The molecule has 0 aromatic carbocycles. The molecule has 1 aliphatic carbocycles. The lowest BCUT2D eigenvalue weighted by Gasteiger charge is -2.26. The lowest BCUT2D eigenvalue weighted by atomic mass is 9.84. The molecule has 1 saturated carbocycles. The Balaban J connectivity index is 1.96. The molecule has 0 aliphatic heterocycles. The number of aryl methyl sites for hydroxylation is 1. The van der Waals surface area contributed by atoms with Crippen molar-refractivity contribution in [2.75, 3.05) is 5.32 Å². The van der Waals surface area contributed by atoms with E-state index in [2.05, 4.69) is 20.7 Å². The third kappa shape index (κ3) is 2.35. The van der Waals surface area contributed by atoms with Crippen LogP contribution in [0.1, 0.15) is 25.7 Å². The van der Waals surface area contributed by atoms with Gasteiger partial charge in [0.25, 0.3) is 5.95 Å². The molecule has 2 unspecified atom stereocenters. The van der Waals surface area contributed by atoms with Crippen LogP contribution >= 0.6 is 0 Å². The second kappa shape index (κ2) is 4.56. The number of hydrogen-bond acceptors (Lipinski definition) is 5. The van der Waals surface area contributed by atoms with E-state index in [1.165, 1.54) is 4.80 Å². The molecule has 1 amide bonds. The van der Waals surface area contributed by atoms with Gasteiger partial charge in [-0.15, -0.1) is 5.10 Å². The molecule has 7 heteroatoms. The molecule has 1 aliphatic rings. The number of nitrogens with one attached hydrogen (secondary N) is 1. The first-order chi connectivity index (χ1) is 7.66. The summed E-state index contributed by atoms with van der Waals surface area (Å²) in [7, 11) is 1.65. The third-order valence-electron chi connectivity index (χ3n) is 2.90. The third-order valence-corrected chi connectivity index (χ3v) is 2.90. The van der Waals surface area contributed by atoms with Crippen molar-refractivity contribution in [1.29, 1.82) is 0 Å². The molecule has 88 valence electrons. The van der Waals surface area contributed by atoms with Gasteiger partial charge in [0.2, 0.25) is 5.91 Å². The Kier molecular flexibility index (Phi) is 3.14. The van der Waals surface area contributed by atoms with Gasteiger partial charge in [-0.2, -0.15) is 4.80 Å². The molecule has 0 bridgehead atoms. The minimum atomic E-state index is -0.127.